The van der Waals surface area contributed by atoms with Crippen molar-refractivity contribution in [1.29, 1.82) is 0 Å². The number of carbonyl (C=O) groups is 2. The van der Waals surface area contributed by atoms with Gasteiger partial charge in [0.05, 0.1) is 17.7 Å². The van der Waals surface area contributed by atoms with Crippen molar-refractivity contribution in [2.45, 2.75) is 58.4 Å². The van der Waals surface area contributed by atoms with Crippen LogP contribution in [0.4, 0.5) is 0 Å². The smallest absolute Gasteiger partial charge is 0.335 e. The maximum atomic E-state index is 11.2. The summed E-state index contributed by atoms with van der Waals surface area (Å²) < 4.78 is 12.1. The molecule has 0 heterocycles. The minimum atomic E-state index is -0.970. The first-order chi connectivity index (χ1) is 19.5. The molecule has 0 atom stereocenters. The van der Waals surface area contributed by atoms with E-state index in [1.165, 1.54) is 44.2 Å². The van der Waals surface area contributed by atoms with E-state index in [2.05, 4.69) is 17.9 Å². The Morgan fingerprint density at radius 1 is 0.700 bits per heavy atom. The molecule has 0 radical (unpaired) electrons. The molecule has 0 aliphatic rings. The van der Waals surface area contributed by atoms with Crippen molar-refractivity contribution in [3.05, 3.63) is 95.1 Å². The number of benzene rings is 3. The van der Waals surface area contributed by atoms with E-state index in [4.69, 9.17) is 14.6 Å². The van der Waals surface area contributed by atoms with Crippen LogP contribution in [0.1, 0.15) is 77.3 Å². The van der Waals surface area contributed by atoms with Gasteiger partial charge in [0.15, 0.2) is 0 Å². The molecule has 214 valence electrons. The zero-order valence-electron chi connectivity index (χ0n) is 23.4. The highest BCUT2D eigenvalue weighted by molar-refractivity contribution is 5.88. The number of unbranched alkanes of at least 4 members (excludes halogenated alkanes) is 5. The monoisotopic (exact) mass is 547 g/mol. The second kappa shape index (κ2) is 17.0. The predicted molar refractivity (Wildman–Crippen MR) is 157 cm³/mol. The lowest BCUT2D eigenvalue weighted by Gasteiger charge is -2.23. The SMILES string of the molecule is CCCCCCCCOc1ccccc1CCN(CCOc1ccc(C(=O)O)cc1)Cc1ccc(C(=O)O)cc1. The Kier molecular flexibility index (Phi) is 13.0. The Hall–Kier alpha value is -3.84. The molecular formula is C33H41NO6. The molecule has 2 N–H and O–H groups in total. The van der Waals surface area contributed by atoms with Crippen LogP contribution in [0.3, 0.4) is 0 Å². The molecule has 3 rings (SSSR count). The summed E-state index contributed by atoms with van der Waals surface area (Å²) in [4.78, 5) is 24.6. The fourth-order valence-electron chi connectivity index (χ4n) is 4.46. The molecule has 40 heavy (non-hydrogen) atoms. The molecule has 0 fully saturated rings. The van der Waals surface area contributed by atoms with Gasteiger partial charge in [0.2, 0.25) is 0 Å². The maximum Gasteiger partial charge on any atom is 0.335 e. The highest BCUT2D eigenvalue weighted by Crippen LogP contribution is 2.20. The number of para-hydroxylation sites is 1. The number of rotatable bonds is 19. The summed E-state index contributed by atoms with van der Waals surface area (Å²) in [5.74, 6) is -0.369. The minimum Gasteiger partial charge on any atom is -0.493 e. The van der Waals surface area contributed by atoms with Crippen LogP contribution >= 0.6 is 0 Å². The third kappa shape index (κ3) is 10.7. The van der Waals surface area contributed by atoms with Crippen LogP contribution in [0, 0.1) is 0 Å². The number of hydrogen-bond donors (Lipinski definition) is 2. The van der Waals surface area contributed by atoms with Crippen molar-refractivity contribution >= 4 is 11.9 Å². The summed E-state index contributed by atoms with van der Waals surface area (Å²) in [5, 5.41) is 18.3. The number of carboxylic acid groups (broad SMARTS) is 2. The second-order valence-electron chi connectivity index (χ2n) is 9.93. The van der Waals surface area contributed by atoms with Gasteiger partial charge in [-0.15, -0.1) is 0 Å². The Morgan fingerprint density at radius 2 is 1.32 bits per heavy atom. The fourth-order valence-corrected chi connectivity index (χ4v) is 4.46. The van der Waals surface area contributed by atoms with Gasteiger partial charge in [0.1, 0.15) is 18.1 Å². The van der Waals surface area contributed by atoms with Gasteiger partial charge in [0, 0.05) is 19.6 Å². The van der Waals surface area contributed by atoms with Crippen molar-refractivity contribution in [2.24, 2.45) is 0 Å². The van der Waals surface area contributed by atoms with Crippen LogP contribution in [0.25, 0.3) is 0 Å². The van der Waals surface area contributed by atoms with E-state index >= 15 is 0 Å². The lowest BCUT2D eigenvalue weighted by atomic mass is 10.1. The maximum absolute atomic E-state index is 11.2. The molecule has 7 heteroatoms. The molecule has 0 aliphatic heterocycles. The summed E-state index contributed by atoms with van der Waals surface area (Å²) in [6.45, 7) is 5.42. The average molecular weight is 548 g/mol. The van der Waals surface area contributed by atoms with Crippen molar-refractivity contribution < 1.29 is 29.3 Å². The second-order valence-corrected chi connectivity index (χ2v) is 9.93. The van der Waals surface area contributed by atoms with Crippen LogP contribution in [-0.2, 0) is 13.0 Å². The van der Waals surface area contributed by atoms with Gasteiger partial charge in [-0.1, -0.05) is 69.4 Å². The quantitative estimate of drug-likeness (QED) is 0.157. The molecule has 7 nitrogen and oxygen atoms in total. The van der Waals surface area contributed by atoms with Gasteiger partial charge in [-0.3, -0.25) is 4.90 Å². The van der Waals surface area contributed by atoms with Gasteiger partial charge < -0.3 is 19.7 Å². The highest BCUT2D eigenvalue weighted by atomic mass is 16.5. The molecular weight excluding hydrogens is 506 g/mol. The van der Waals surface area contributed by atoms with Crippen LogP contribution in [-0.4, -0.2) is 53.4 Å². The number of nitrogens with zero attached hydrogens (tertiary/aromatic N) is 1. The third-order valence-corrected chi connectivity index (χ3v) is 6.81. The molecule has 0 spiro atoms. The number of aromatic carboxylic acids is 2. The van der Waals surface area contributed by atoms with Gasteiger partial charge in [0.25, 0.3) is 0 Å². The molecule has 0 aromatic heterocycles. The molecule has 0 saturated carbocycles. The summed E-state index contributed by atoms with van der Waals surface area (Å²) in [7, 11) is 0. The Balaban J connectivity index is 1.58. The van der Waals surface area contributed by atoms with E-state index in [0.29, 0.717) is 25.4 Å². The number of ether oxygens (including phenoxy) is 2. The highest BCUT2D eigenvalue weighted by Gasteiger charge is 2.11. The lowest BCUT2D eigenvalue weighted by Crippen LogP contribution is -2.30. The van der Waals surface area contributed by atoms with Crippen molar-refractivity contribution in [3.8, 4) is 11.5 Å². The van der Waals surface area contributed by atoms with E-state index in [1.807, 2.05) is 30.3 Å². The molecule has 0 unspecified atom stereocenters. The summed E-state index contributed by atoms with van der Waals surface area (Å²) in [5.41, 5.74) is 2.66. The van der Waals surface area contributed by atoms with Gasteiger partial charge in [-0.25, -0.2) is 9.59 Å². The van der Waals surface area contributed by atoms with E-state index in [-0.39, 0.29) is 11.1 Å². The zero-order valence-corrected chi connectivity index (χ0v) is 23.4. The molecule has 0 amide bonds. The zero-order chi connectivity index (χ0) is 28.6. The average Bonchev–Trinajstić information content (AvgIpc) is 2.96. The first-order valence-corrected chi connectivity index (χ1v) is 14.2. The van der Waals surface area contributed by atoms with Crippen molar-refractivity contribution in [1.82, 2.24) is 4.90 Å². The van der Waals surface area contributed by atoms with Crippen LogP contribution in [0.2, 0.25) is 0 Å². The number of hydrogen-bond acceptors (Lipinski definition) is 5. The fraction of sp³-hybridized carbons (Fsp3) is 0.394. The standard InChI is InChI=1S/C33H41NO6/c1-2-3-4-5-6-9-23-40-31-11-8-7-10-27(31)20-21-34(25-26-12-14-28(15-13-26)32(35)36)22-24-39-30-18-16-29(17-19-30)33(37)38/h7-8,10-19H,2-6,9,20-25H2,1H3,(H,35,36)(H,37,38). The van der Waals surface area contributed by atoms with Gasteiger partial charge in [-0.05, 0) is 66.4 Å². The van der Waals surface area contributed by atoms with E-state index in [0.717, 1.165) is 42.9 Å². The Labute approximate surface area is 237 Å². The molecule has 3 aromatic carbocycles. The van der Waals surface area contributed by atoms with E-state index < -0.39 is 11.9 Å². The lowest BCUT2D eigenvalue weighted by molar-refractivity contribution is 0.0686. The molecule has 0 bridgehead atoms. The normalized spacial score (nSPS) is 10.9. The molecule has 3 aromatic rings. The van der Waals surface area contributed by atoms with Crippen LogP contribution < -0.4 is 9.47 Å². The minimum absolute atomic E-state index is 0.219. The van der Waals surface area contributed by atoms with Crippen molar-refractivity contribution in [2.75, 3.05) is 26.3 Å². The van der Waals surface area contributed by atoms with E-state index in [9.17, 15) is 14.7 Å². The van der Waals surface area contributed by atoms with Crippen LogP contribution in [0.5, 0.6) is 11.5 Å². The largest absolute Gasteiger partial charge is 0.493 e. The Bertz CT molecular complexity index is 1180. The predicted octanol–water partition coefficient (Wildman–Crippen LogP) is 6.95. The summed E-state index contributed by atoms with van der Waals surface area (Å²) in [6.07, 6.45) is 8.14. The summed E-state index contributed by atoms with van der Waals surface area (Å²) in [6, 6.07) is 21.5. The van der Waals surface area contributed by atoms with Crippen LogP contribution in [0.15, 0.2) is 72.8 Å². The van der Waals surface area contributed by atoms with Gasteiger partial charge >= 0.3 is 11.9 Å². The first kappa shape index (κ1) is 30.7. The topological polar surface area (TPSA) is 96.3 Å². The third-order valence-electron chi connectivity index (χ3n) is 6.81. The molecule has 0 saturated heterocycles. The van der Waals surface area contributed by atoms with E-state index in [1.54, 1.807) is 24.3 Å². The number of carboxylic acids is 2. The Morgan fingerprint density at radius 3 is 2.00 bits per heavy atom. The van der Waals surface area contributed by atoms with Crippen molar-refractivity contribution in [3.63, 3.8) is 0 Å². The van der Waals surface area contributed by atoms with Gasteiger partial charge in [-0.2, -0.15) is 0 Å². The molecule has 0 aliphatic carbocycles. The summed E-state index contributed by atoms with van der Waals surface area (Å²) >= 11 is 0. The first-order valence-electron chi connectivity index (χ1n) is 14.2.